The molecule has 4 nitrogen and oxygen atoms in total. The number of thioether (sulfide) groups is 2. The Morgan fingerprint density at radius 1 is 1.29 bits per heavy atom. The number of likely N-dealkylation sites (tertiary alicyclic amines) is 1. The normalized spacial score (nSPS) is 31.3. The van der Waals surface area contributed by atoms with E-state index in [-0.39, 0.29) is 17.2 Å². The van der Waals surface area contributed by atoms with Crippen molar-refractivity contribution in [2.75, 3.05) is 13.1 Å². The second-order valence-corrected chi connectivity index (χ2v) is 11.1. The first-order valence-corrected chi connectivity index (χ1v) is 12.2. The van der Waals surface area contributed by atoms with Crippen LogP contribution in [0, 0.1) is 5.92 Å². The number of carbonyl (C=O) groups is 1. The smallest absolute Gasteiger partial charge is 0.236 e. The van der Waals surface area contributed by atoms with E-state index in [0.717, 1.165) is 12.2 Å². The van der Waals surface area contributed by atoms with Crippen molar-refractivity contribution in [1.29, 1.82) is 0 Å². The third kappa shape index (κ3) is 3.04. The summed E-state index contributed by atoms with van der Waals surface area (Å²) >= 11 is 3.77. The van der Waals surface area contributed by atoms with Gasteiger partial charge in [0.15, 0.2) is 0 Å². The van der Waals surface area contributed by atoms with Gasteiger partial charge in [0.25, 0.3) is 0 Å². The van der Waals surface area contributed by atoms with E-state index in [1.807, 2.05) is 23.6 Å². The number of hydrogen-bond donors (Lipinski definition) is 1. The van der Waals surface area contributed by atoms with Gasteiger partial charge < -0.3 is 10.0 Å². The van der Waals surface area contributed by atoms with Crippen molar-refractivity contribution < 1.29 is 9.90 Å². The number of fused-ring (bicyclic) bond motifs is 2. The molecular weight excluding hydrogens is 388 g/mol. The molecule has 3 heterocycles. The monoisotopic (exact) mass is 416 g/mol. The van der Waals surface area contributed by atoms with Crippen molar-refractivity contribution in [2.24, 2.45) is 5.92 Å². The lowest BCUT2D eigenvalue weighted by molar-refractivity contribution is -0.153. The van der Waals surface area contributed by atoms with Crippen LogP contribution < -0.4 is 0 Å². The van der Waals surface area contributed by atoms with Crippen LogP contribution in [0.25, 0.3) is 0 Å². The zero-order valence-electron chi connectivity index (χ0n) is 16.5. The molecule has 3 aliphatic heterocycles. The fraction of sp³-hybridized carbons (Fsp3) is 0.591. The van der Waals surface area contributed by atoms with E-state index in [1.165, 1.54) is 41.2 Å². The van der Waals surface area contributed by atoms with Crippen LogP contribution in [0.4, 0.5) is 0 Å². The van der Waals surface area contributed by atoms with Crippen LogP contribution >= 0.6 is 23.5 Å². The lowest BCUT2D eigenvalue weighted by atomic mass is 9.90. The number of β-lactam (4-membered cyclic amide) rings is 1. The highest BCUT2D eigenvalue weighted by Gasteiger charge is 2.55. The molecule has 28 heavy (non-hydrogen) atoms. The molecule has 0 radical (unpaired) electrons. The summed E-state index contributed by atoms with van der Waals surface area (Å²) in [5, 5.41) is 10.9. The van der Waals surface area contributed by atoms with Gasteiger partial charge in [-0.3, -0.25) is 9.69 Å². The van der Waals surface area contributed by atoms with Crippen LogP contribution in [-0.2, 0) is 17.6 Å². The number of rotatable bonds is 5. The average molecular weight is 417 g/mol. The molecule has 5 rings (SSSR count). The first kappa shape index (κ1) is 19.0. The van der Waals surface area contributed by atoms with Crippen molar-refractivity contribution in [2.45, 2.75) is 62.3 Å². The summed E-state index contributed by atoms with van der Waals surface area (Å²) in [5.74, 6) is -0.114. The molecule has 0 aromatic heterocycles. The van der Waals surface area contributed by atoms with Gasteiger partial charge in [-0.05, 0) is 50.3 Å². The Morgan fingerprint density at radius 2 is 2.00 bits per heavy atom. The maximum absolute atomic E-state index is 12.5. The van der Waals surface area contributed by atoms with Gasteiger partial charge >= 0.3 is 0 Å². The Morgan fingerprint density at radius 3 is 2.68 bits per heavy atom. The summed E-state index contributed by atoms with van der Waals surface area (Å²) < 4.78 is 1.30. The summed E-state index contributed by atoms with van der Waals surface area (Å²) in [6.07, 6.45) is 3.72. The first-order chi connectivity index (χ1) is 13.6. The van der Waals surface area contributed by atoms with Gasteiger partial charge in [-0.1, -0.05) is 43.0 Å². The SMILES string of the molecule is CC[C@H](O)[C@@H]1C(=O)N2C(C)=C(S[C@H]3CCN(C4Cc5ccccc5C4)C3)S[C@H]12. The molecule has 1 aromatic carbocycles. The van der Waals surface area contributed by atoms with Gasteiger partial charge in [-0.15, -0.1) is 11.8 Å². The van der Waals surface area contributed by atoms with Gasteiger partial charge in [0, 0.05) is 23.5 Å². The Labute approximate surface area is 175 Å². The molecule has 150 valence electrons. The number of benzene rings is 1. The maximum atomic E-state index is 12.5. The predicted molar refractivity (Wildman–Crippen MR) is 116 cm³/mol. The Kier molecular flexibility index (Phi) is 5.02. The van der Waals surface area contributed by atoms with Crippen molar-refractivity contribution >= 4 is 29.4 Å². The lowest BCUT2D eigenvalue weighted by Gasteiger charge is -2.44. The van der Waals surface area contributed by atoms with Crippen molar-refractivity contribution in [3.05, 3.63) is 45.3 Å². The number of allylic oxidation sites excluding steroid dienone is 1. The summed E-state index contributed by atoms with van der Waals surface area (Å²) in [6, 6.07) is 9.53. The zero-order chi connectivity index (χ0) is 19.4. The van der Waals surface area contributed by atoms with Crippen molar-refractivity contribution in [3.63, 3.8) is 0 Å². The first-order valence-electron chi connectivity index (χ1n) is 10.4. The fourth-order valence-electron chi connectivity index (χ4n) is 5.11. The topological polar surface area (TPSA) is 43.8 Å². The largest absolute Gasteiger partial charge is 0.392 e. The Balaban J connectivity index is 1.20. The fourth-order valence-corrected chi connectivity index (χ4v) is 8.40. The molecule has 2 saturated heterocycles. The maximum Gasteiger partial charge on any atom is 0.236 e. The summed E-state index contributed by atoms with van der Waals surface area (Å²) in [7, 11) is 0. The Bertz CT molecular complexity index is 802. The third-order valence-electron chi connectivity index (χ3n) is 6.80. The molecule has 0 unspecified atom stereocenters. The van der Waals surface area contributed by atoms with E-state index in [9.17, 15) is 9.90 Å². The minimum atomic E-state index is -0.510. The van der Waals surface area contributed by atoms with Crippen LogP contribution in [0.3, 0.4) is 0 Å². The summed E-state index contributed by atoms with van der Waals surface area (Å²) in [5.41, 5.74) is 4.16. The molecule has 4 atom stereocenters. The molecule has 6 heteroatoms. The second-order valence-electron chi connectivity index (χ2n) is 8.45. The number of amides is 1. The molecule has 0 spiro atoms. The average Bonchev–Trinajstić information content (AvgIpc) is 3.38. The van der Waals surface area contributed by atoms with E-state index in [4.69, 9.17) is 0 Å². The lowest BCUT2D eigenvalue weighted by Crippen LogP contribution is -2.60. The van der Waals surface area contributed by atoms with Crippen LogP contribution in [0.2, 0.25) is 0 Å². The van der Waals surface area contributed by atoms with Crippen LogP contribution in [0.5, 0.6) is 0 Å². The minimum Gasteiger partial charge on any atom is -0.392 e. The van der Waals surface area contributed by atoms with Crippen molar-refractivity contribution in [1.82, 2.24) is 9.80 Å². The number of nitrogens with zero attached hydrogens (tertiary/aromatic N) is 2. The Hall–Kier alpha value is -0.950. The van der Waals surface area contributed by atoms with Crippen LogP contribution in [0.15, 0.2) is 34.2 Å². The van der Waals surface area contributed by atoms with Gasteiger partial charge in [0.05, 0.1) is 16.3 Å². The molecule has 1 aliphatic carbocycles. The standard InChI is InChI=1S/C22H28N2O2S2/c1-3-18(25)19-20(26)24-13(2)22(28-21(19)24)27-17-8-9-23(12-17)16-10-14-6-4-5-7-15(14)11-16/h4-7,16-19,21,25H,3,8-12H2,1-2H3/t17-,18-,19+,21+/m0/s1. The molecule has 1 N–H and O–H groups in total. The van der Waals surface area contributed by atoms with E-state index < -0.39 is 6.10 Å². The molecule has 4 aliphatic rings. The third-order valence-corrected chi connectivity index (χ3v) is 9.86. The van der Waals surface area contributed by atoms with E-state index in [0.29, 0.717) is 17.7 Å². The molecule has 1 aromatic rings. The summed E-state index contributed by atoms with van der Waals surface area (Å²) in [6.45, 7) is 6.34. The van der Waals surface area contributed by atoms with Gasteiger partial charge in [-0.25, -0.2) is 0 Å². The minimum absolute atomic E-state index is 0.108. The van der Waals surface area contributed by atoms with Gasteiger partial charge in [0.1, 0.15) is 5.37 Å². The van der Waals surface area contributed by atoms with Gasteiger partial charge in [0.2, 0.25) is 5.91 Å². The van der Waals surface area contributed by atoms with Crippen molar-refractivity contribution in [3.8, 4) is 0 Å². The zero-order valence-corrected chi connectivity index (χ0v) is 18.1. The number of aliphatic hydroxyl groups is 1. The number of carbonyl (C=O) groups excluding carboxylic acids is 1. The van der Waals surface area contributed by atoms with Crippen LogP contribution in [-0.4, -0.2) is 56.7 Å². The highest BCUT2D eigenvalue weighted by Crippen LogP contribution is 2.55. The quantitative estimate of drug-likeness (QED) is 0.745. The highest BCUT2D eigenvalue weighted by atomic mass is 32.2. The number of aliphatic hydroxyl groups excluding tert-OH is 1. The highest BCUT2D eigenvalue weighted by molar-refractivity contribution is 8.23. The van der Waals surface area contributed by atoms with E-state index in [1.54, 1.807) is 11.8 Å². The second kappa shape index (κ2) is 7.38. The molecule has 2 fully saturated rings. The van der Waals surface area contributed by atoms with Gasteiger partial charge in [-0.2, -0.15) is 0 Å². The number of hydrogen-bond acceptors (Lipinski definition) is 5. The molecule has 0 saturated carbocycles. The molecule has 0 bridgehead atoms. The molecular formula is C22H28N2O2S2. The summed E-state index contributed by atoms with van der Waals surface area (Å²) in [4.78, 5) is 17.1. The predicted octanol–water partition coefficient (Wildman–Crippen LogP) is 3.45. The van der Waals surface area contributed by atoms with E-state index in [2.05, 4.69) is 36.1 Å². The molecule has 1 amide bonds. The van der Waals surface area contributed by atoms with Crippen LogP contribution in [0.1, 0.15) is 37.8 Å². The van der Waals surface area contributed by atoms with E-state index >= 15 is 0 Å².